The Labute approximate surface area is 130 Å². The number of nitrogens with zero attached hydrogens (tertiary/aromatic N) is 3. The van der Waals surface area contributed by atoms with E-state index < -0.39 is 0 Å². The molecule has 116 valence electrons. The fourth-order valence-electron chi connectivity index (χ4n) is 2.67. The maximum absolute atomic E-state index is 4.73. The molecule has 0 bridgehead atoms. The van der Waals surface area contributed by atoms with Gasteiger partial charge in [-0.2, -0.15) is 5.10 Å². The summed E-state index contributed by atoms with van der Waals surface area (Å²) < 4.78 is 1.95. The van der Waals surface area contributed by atoms with E-state index in [2.05, 4.69) is 48.4 Å². The summed E-state index contributed by atoms with van der Waals surface area (Å²) in [5.74, 6) is 1.45. The van der Waals surface area contributed by atoms with Gasteiger partial charge in [-0.05, 0) is 25.0 Å². The molecule has 0 spiro atoms. The van der Waals surface area contributed by atoms with Crippen LogP contribution in [0.4, 0.5) is 0 Å². The average Bonchev–Trinajstić information content (AvgIpc) is 3.13. The lowest BCUT2D eigenvalue weighted by atomic mass is 10.0. The van der Waals surface area contributed by atoms with Crippen molar-refractivity contribution in [2.75, 3.05) is 0 Å². The number of hydrogen-bond donors (Lipinski definition) is 2. The van der Waals surface area contributed by atoms with Crippen LogP contribution in [0.2, 0.25) is 0 Å². The van der Waals surface area contributed by atoms with Crippen molar-refractivity contribution in [2.24, 2.45) is 5.92 Å². The van der Waals surface area contributed by atoms with Crippen LogP contribution in [-0.2, 0) is 13.1 Å². The standard InChI is InChI=1S/C17H23N5/c1-4-22-11-13(10-19-22)9-18-16(12(2)3)17-20-14-7-5-6-8-15(14)21-17/h5-8,10-12,16,18H,4,9H2,1-3H3,(H,20,21)/t16-/m1/s1. The second-order valence-corrected chi connectivity index (χ2v) is 5.95. The van der Waals surface area contributed by atoms with Crippen LogP contribution in [0.1, 0.15) is 38.2 Å². The molecule has 5 heteroatoms. The molecule has 2 N–H and O–H groups in total. The predicted octanol–water partition coefficient (Wildman–Crippen LogP) is 3.27. The normalized spacial score (nSPS) is 13.1. The van der Waals surface area contributed by atoms with Crippen molar-refractivity contribution in [3.05, 3.63) is 48.0 Å². The first kappa shape index (κ1) is 14.8. The van der Waals surface area contributed by atoms with Crippen molar-refractivity contribution in [1.82, 2.24) is 25.1 Å². The summed E-state index contributed by atoms with van der Waals surface area (Å²) in [6.45, 7) is 8.20. The zero-order chi connectivity index (χ0) is 15.5. The van der Waals surface area contributed by atoms with Gasteiger partial charge in [-0.3, -0.25) is 4.68 Å². The van der Waals surface area contributed by atoms with Crippen LogP contribution in [0.5, 0.6) is 0 Å². The Morgan fingerprint density at radius 3 is 2.77 bits per heavy atom. The summed E-state index contributed by atoms with van der Waals surface area (Å²) in [4.78, 5) is 8.16. The molecule has 1 atom stereocenters. The molecule has 2 heterocycles. The minimum atomic E-state index is 0.192. The van der Waals surface area contributed by atoms with Gasteiger partial charge < -0.3 is 10.3 Å². The molecular formula is C17H23N5. The number of H-pyrrole nitrogens is 1. The van der Waals surface area contributed by atoms with E-state index in [1.807, 2.05) is 29.1 Å². The molecule has 0 aliphatic rings. The number of fused-ring (bicyclic) bond motifs is 1. The first-order chi connectivity index (χ1) is 10.7. The van der Waals surface area contributed by atoms with E-state index in [-0.39, 0.29) is 6.04 Å². The lowest BCUT2D eigenvalue weighted by molar-refractivity contribution is 0.396. The molecule has 2 aromatic heterocycles. The van der Waals surface area contributed by atoms with E-state index in [0.29, 0.717) is 5.92 Å². The Hall–Kier alpha value is -2.14. The minimum Gasteiger partial charge on any atom is -0.341 e. The lowest BCUT2D eigenvalue weighted by Crippen LogP contribution is -2.26. The van der Waals surface area contributed by atoms with Crippen molar-refractivity contribution in [3.63, 3.8) is 0 Å². The van der Waals surface area contributed by atoms with E-state index >= 15 is 0 Å². The van der Waals surface area contributed by atoms with E-state index in [4.69, 9.17) is 4.98 Å². The van der Waals surface area contributed by atoms with Crippen molar-refractivity contribution in [1.29, 1.82) is 0 Å². The topological polar surface area (TPSA) is 58.5 Å². The highest BCUT2D eigenvalue weighted by atomic mass is 15.3. The van der Waals surface area contributed by atoms with Crippen LogP contribution in [0, 0.1) is 5.92 Å². The van der Waals surface area contributed by atoms with Gasteiger partial charge in [-0.15, -0.1) is 0 Å². The van der Waals surface area contributed by atoms with E-state index in [9.17, 15) is 0 Å². The summed E-state index contributed by atoms with van der Waals surface area (Å²) in [5, 5.41) is 7.92. The van der Waals surface area contributed by atoms with Crippen LogP contribution >= 0.6 is 0 Å². The van der Waals surface area contributed by atoms with Gasteiger partial charge in [0.2, 0.25) is 0 Å². The third-order valence-corrected chi connectivity index (χ3v) is 3.91. The van der Waals surface area contributed by atoms with Gasteiger partial charge in [0, 0.05) is 24.8 Å². The molecule has 1 aromatic carbocycles. The van der Waals surface area contributed by atoms with E-state index in [0.717, 1.165) is 29.9 Å². The second-order valence-electron chi connectivity index (χ2n) is 5.95. The number of nitrogens with one attached hydrogen (secondary N) is 2. The summed E-state index contributed by atoms with van der Waals surface area (Å²) >= 11 is 0. The number of benzene rings is 1. The smallest absolute Gasteiger partial charge is 0.124 e. The summed E-state index contributed by atoms with van der Waals surface area (Å²) in [6, 6.07) is 8.34. The quantitative estimate of drug-likeness (QED) is 0.734. The summed E-state index contributed by atoms with van der Waals surface area (Å²) in [5.41, 5.74) is 3.30. The Morgan fingerprint density at radius 2 is 2.09 bits per heavy atom. The Bertz CT molecular complexity index is 707. The molecule has 0 amide bonds. The predicted molar refractivity (Wildman–Crippen MR) is 88.4 cm³/mol. The molecule has 3 rings (SSSR count). The van der Waals surface area contributed by atoms with Crippen LogP contribution in [0.3, 0.4) is 0 Å². The zero-order valence-electron chi connectivity index (χ0n) is 13.4. The van der Waals surface area contributed by atoms with E-state index in [1.165, 1.54) is 5.56 Å². The largest absolute Gasteiger partial charge is 0.341 e. The third-order valence-electron chi connectivity index (χ3n) is 3.91. The number of aryl methyl sites for hydroxylation is 1. The number of aromatic nitrogens is 4. The number of rotatable bonds is 6. The van der Waals surface area contributed by atoms with Gasteiger partial charge in [0.05, 0.1) is 23.3 Å². The minimum absolute atomic E-state index is 0.192. The van der Waals surface area contributed by atoms with Crippen molar-refractivity contribution in [2.45, 2.75) is 39.9 Å². The van der Waals surface area contributed by atoms with Gasteiger partial charge in [-0.25, -0.2) is 4.98 Å². The average molecular weight is 297 g/mol. The highest BCUT2D eigenvalue weighted by Gasteiger charge is 2.19. The molecule has 0 unspecified atom stereocenters. The van der Waals surface area contributed by atoms with Crippen LogP contribution in [0.15, 0.2) is 36.7 Å². The molecule has 0 saturated carbocycles. The molecule has 0 saturated heterocycles. The monoisotopic (exact) mass is 297 g/mol. The highest BCUT2D eigenvalue weighted by Crippen LogP contribution is 2.22. The van der Waals surface area contributed by atoms with Gasteiger partial charge in [0.25, 0.3) is 0 Å². The van der Waals surface area contributed by atoms with Gasteiger partial charge in [-0.1, -0.05) is 26.0 Å². The molecule has 22 heavy (non-hydrogen) atoms. The SMILES string of the molecule is CCn1cc(CN[C@@H](c2nc3ccccc3[nH]2)C(C)C)cn1. The number of hydrogen-bond acceptors (Lipinski definition) is 3. The van der Waals surface area contributed by atoms with Crippen molar-refractivity contribution < 1.29 is 0 Å². The summed E-state index contributed by atoms with van der Waals surface area (Å²) in [6.07, 6.45) is 4.01. The van der Waals surface area contributed by atoms with Crippen molar-refractivity contribution >= 4 is 11.0 Å². The molecule has 5 nitrogen and oxygen atoms in total. The fourth-order valence-corrected chi connectivity index (χ4v) is 2.67. The molecule has 0 aliphatic carbocycles. The Kier molecular flexibility index (Phi) is 4.24. The highest BCUT2D eigenvalue weighted by molar-refractivity contribution is 5.74. The number of aromatic amines is 1. The second kappa shape index (κ2) is 6.32. The molecule has 0 fully saturated rings. The molecule has 0 aliphatic heterocycles. The third kappa shape index (κ3) is 3.04. The number of para-hydroxylation sites is 2. The molecule has 3 aromatic rings. The van der Waals surface area contributed by atoms with Gasteiger partial charge >= 0.3 is 0 Å². The Balaban J connectivity index is 1.77. The molecule has 0 radical (unpaired) electrons. The van der Waals surface area contributed by atoms with Gasteiger partial charge in [0.15, 0.2) is 0 Å². The van der Waals surface area contributed by atoms with Gasteiger partial charge in [0.1, 0.15) is 5.82 Å². The molecular weight excluding hydrogens is 274 g/mol. The first-order valence-electron chi connectivity index (χ1n) is 7.86. The Morgan fingerprint density at radius 1 is 1.27 bits per heavy atom. The van der Waals surface area contributed by atoms with Crippen LogP contribution < -0.4 is 5.32 Å². The van der Waals surface area contributed by atoms with Crippen LogP contribution in [0.25, 0.3) is 11.0 Å². The van der Waals surface area contributed by atoms with Crippen LogP contribution in [-0.4, -0.2) is 19.7 Å². The number of imidazole rings is 1. The first-order valence-corrected chi connectivity index (χ1v) is 7.86. The summed E-state index contributed by atoms with van der Waals surface area (Å²) in [7, 11) is 0. The lowest BCUT2D eigenvalue weighted by Gasteiger charge is -2.20. The maximum atomic E-state index is 4.73. The zero-order valence-corrected chi connectivity index (χ0v) is 13.4. The maximum Gasteiger partial charge on any atom is 0.124 e. The van der Waals surface area contributed by atoms with E-state index in [1.54, 1.807) is 0 Å². The fraction of sp³-hybridized carbons (Fsp3) is 0.412. The van der Waals surface area contributed by atoms with Crippen molar-refractivity contribution in [3.8, 4) is 0 Å².